The lowest BCUT2D eigenvalue weighted by molar-refractivity contribution is 0.0655. The number of hydrogen-bond donors (Lipinski definition) is 1. The van der Waals surface area contributed by atoms with Gasteiger partial charge in [0.1, 0.15) is 4.88 Å². The highest BCUT2D eigenvalue weighted by Gasteiger charge is 2.26. The molecule has 0 spiro atoms. The lowest BCUT2D eigenvalue weighted by Gasteiger charge is -2.31. The third kappa shape index (κ3) is 3.48. The van der Waals surface area contributed by atoms with Gasteiger partial charge in [0.15, 0.2) is 5.89 Å². The quantitative estimate of drug-likeness (QED) is 0.911. The molecule has 8 heteroatoms. The molecule has 1 amide bonds. The molecule has 0 unspecified atom stereocenters. The van der Waals surface area contributed by atoms with E-state index in [1.54, 1.807) is 18.7 Å². The minimum absolute atomic E-state index is 0.118. The normalized spacial score (nSPS) is 15.7. The number of amides is 1. The molecule has 1 aliphatic heterocycles. The number of aromatic carboxylic acids is 1. The van der Waals surface area contributed by atoms with Gasteiger partial charge in [-0.05, 0) is 25.7 Å². The van der Waals surface area contributed by atoms with Crippen molar-refractivity contribution in [3.8, 4) is 0 Å². The number of aromatic nitrogens is 2. The van der Waals surface area contributed by atoms with Crippen LogP contribution < -0.4 is 0 Å². The van der Waals surface area contributed by atoms with Crippen molar-refractivity contribution >= 4 is 23.2 Å². The molecule has 2 aromatic rings. The summed E-state index contributed by atoms with van der Waals surface area (Å²) in [4.78, 5) is 33.8. The number of oxazole rings is 1. The van der Waals surface area contributed by atoms with E-state index in [-0.39, 0.29) is 11.7 Å². The smallest absolute Gasteiger partial charge is 0.347 e. The van der Waals surface area contributed by atoms with Crippen LogP contribution in [0, 0.1) is 19.8 Å². The average molecular weight is 349 g/mol. The SMILES string of the molecule is Cc1ncc(C(=O)N2CCC(Cc3nc(C)c(C(=O)O)s3)CC2)o1. The number of piperidine rings is 1. The number of rotatable bonds is 4. The van der Waals surface area contributed by atoms with E-state index in [0.717, 1.165) is 24.3 Å². The van der Waals surface area contributed by atoms with Gasteiger partial charge in [0.25, 0.3) is 5.91 Å². The lowest BCUT2D eigenvalue weighted by Crippen LogP contribution is -2.38. The van der Waals surface area contributed by atoms with E-state index in [1.165, 1.54) is 17.5 Å². The molecular weight excluding hydrogens is 330 g/mol. The summed E-state index contributed by atoms with van der Waals surface area (Å²) in [5.41, 5.74) is 0.579. The molecule has 0 saturated carbocycles. The van der Waals surface area contributed by atoms with Crippen molar-refractivity contribution in [1.29, 1.82) is 0 Å². The van der Waals surface area contributed by atoms with Gasteiger partial charge in [-0.25, -0.2) is 14.8 Å². The van der Waals surface area contributed by atoms with Gasteiger partial charge in [0, 0.05) is 26.4 Å². The first-order valence-corrected chi connectivity index (χ1v) is 8.67. The fourth-order valence-electron chi connectivity index (χ4n) is 2.94. The topological polar surface area (TPSA) is 96.5 Å². The van der Waals surface area contributed by atoms with Gasteiger partial charge >= 0.3 is 5.97 Å². The Labute approximate surface area is 143 Å². The van der Waals surface area contributed by atoms with Crippen molar-refractivity contribution < 1.29 is 19.1 Å². The summed E-state index contributed by atoms with van der Waals surface area (Å²) < 4.78 is 5.29. The van der Waals surface area contributed by atoms with Crippen molar-refractivity contribution in [3.05, 3.63) is 33.4 Å². The number of carboxylic acids is 1. The summed E-state index contributed by atoms with van der Waals surface area (Å²) in [6.07, 6.45) is 3.98. The molecule has 128 valence electrons. The number of nitrogens with zero attached hydrogens (tertiary/aromatic N) is 3. The zero-order chi connectivity index (χ0) is 17.3. The molecule has 3 rings (SSSR count). The molecule has 0 radical (unpaired) electrons. The maximum atomic E-state index is 12.3. The summed E-state index contributed by atoms with van der Waals surface area (Å²) in [6, 6.07) is 0. The molecule has 0 aliphatic carbocycles. The van der Waals surface area contributed by atoms with Gasteiger partial charge in [0.2, 0.25) is 5.76 Å². The van der Waals surface area contributed by atoms with Crippen LogP contribution in [0.1, 0.15) is 49.7 Å². The van der Waals surface area contributed by atoms with Crippen molar-refractivity contribution in [2.75, 3.05) is 13.1 Å². The average Bonchev–Trinajstić information content (AvgIpc) is 3.13. The third-order valence-electron chi connectivity index (χ3n) is 4.23. The zero-order valence-electron chi connectivity index (χ0n) is 13.6. The fraction of sp³-hybridized carbons (Fsp3) is 0.500. The van der Waals surface area contributed by atoms with E-state index in [1.807, 2.05) is 0 Å². The van der Waals surface area contributed by atoms with Crippen LogP contribution in [0.5, 0.6) is 0 Å². The lowest BCUT2D eigenvalue weighted by atomic mass is 9.94. The van der Waals surface area contributed by atoms with E-state index in [4.69, 9.17) is 9.52 Å². The first kappa shape index (κ1) is 16.6. The molecule has 24 heavy (non-hydrogen) atoms. The van der Waals surface area contributed by atoms with Gasteiger partial charge in [-0.15, -0.1) is 11.3 Å². The highest BCUT2D eigenvalue weighted by atomic mass is 32.1. The highest BCUT2D eigenvalue weighted by Crippen LogP contribution is 2.26. The summed E-state index contributed by atoms with van der Waals surface area (Å²) in [7, 11) is 0. The zero-order valence-corrected chi connectivity index (χ0v) is 14.4. The second kappa shape index (κ2) is 6.72. The van der Waals surface area contributed by atoms with Gasteiger partial charge in [-0.2, -0.15) is 0 Å². The minimum Gasteiger partial charge on any atom is -0.477 e. The van der Waals surface area contributed by atoms with E-state index in [0.29, 0.717) is 35.5 Å². The Bertz CT molecular complexity index is 759. The molecule has 1 N–H and O–H groups in total. The molecular formula is C16H19N3O4S. The van der Waals surface area contributed by atoms with Crippen LogP contribution >= 0.6 is 11.3 Å². The van der Waals surface area contributed by atoms with Crippen molar-refractivity contribution in [3.63, 3.8) is 0 Å². The summed E-state index contributed by atoms with van der Waals surface area (Å²) in [6.45, 7) is 4.77. The third-order valence-corrected chi connectivity index (χ3v) is 5.40. The molecule has 3 heterocycles. The summed E-state index contributed by atoms with van der Waals surface area (Å²) in [5.74, 6) is 0.151. The van der Waals surface area contributed by atoms with Gasteiger partial charge in [-0.3, -0.25) is 4.79 Å². The number of likely N-dealkylation sites (tertiary alicyclic amines) is 1. The molecule has 0 aromatic carbocycles. The molecule has 0 atom stereocenters. The van der Waals surface area contributed by atoms with Gasteiger partial charge in [0.05, 0.1) is 16.9 Å². The second-order valence-electron chi connectivity index (χ2n) is 6.01. The van der Waals surface area contributed by atoms with Crippen LogP contribution in [0.25, 0.3) is 0 Å². The number of thiazole rings is 1. The van der Waals surface area contributed by atoms with E-state index in [2.05, 4.69) is 9.97 Å². The van der Waals surface area contributed by atoms with Crippen molar-refractivity contribution in [1.82, 2.24) is 14.9 Å². The Morgan fingerprint density at radius 2 is 2.08 bits per heavy atom. The van der Waals surface area contributed by atoms with Gasteiger partial charge < -0.3 is 14.4 Å². The van der Waals surface area contributed by atoms with Crippen LogP contribution in [-0.4, -0.2) is 44.9 Å². The van der Waals surface area contributed by atoms with Crippen molar-refractivity contribution in [2.24, 2.45) is 5.92 Å². The highest BCUT2D eigenvalue weighted by molar-refractivity contribution is 7.13. The molecule has 1 aliphatic rings. The Morgan fingerprint density at radius 3 is 2.62 bits per heavy atom. The maximum Gasteiger partial charge on any atom is 0.347 e. The Kier molecular flexibility index (Phi) is 4.66. The number of carbonyl (C=O) groups is 2. The first-order chi connectivity index (χ1) is 11.4. The molecule has 2 aromatic heterocycles. The number of carbonyl (C=O) groups excluding carboxylic acids is 1. The van der Waals surface area contributed by atoms with Crippen LogP contribution in [0.4, 0.5) is 0 Å². The van der Waals surface area contributed by atoms with E-state index in [9.17, 15) is 9.59 Å². The minimum atomic E-state index is -0.918. The van der Waals surface area contributed by atoms with Crippen LogP contribution in [0.15, 0.2) is 10.6 Å². The van der Waals surface area contributed by atoms with Crippen LogP contribution in [-0.2, 0) is 6.42 Å². The molecule has 1 saturated heterocycles. The first-order valence-electron chi connectivity index (χ1n) is 7.85. The van der Waals surface area contributed by atoms with Crippen molar-refractivity contribution in [2.45, 2.75) is 33.1 Å². The monoisotopic (exact) mass is 349 g/mol. The Balaban J connectivity index is 1.56. The fourth-order valence-corrected chi connectivity index (χ4v) is 3.96. The van der Waals surface area contributed by atoms with E-state index < -0.39 is 5.97 Å². The predicted octanol–water partition coefficient (Wildman–Crippen LogP) is 2.54. The summed E-state index contributed by atoms with van der Waals surface area (Å²) >= 11 is 1.25. The largest absolute Gasteiger partial charge is 0.477 e. The predicted molar refractivity (Wildman–Crippen MR) is 87.4 cm³/mol. The summed E-state index contributed by atoms with van der Waals surface area (Å²) in [5, 5.41) is 9.96. The number of hydrogen-bond acceptors (Lipinski definition) is 6. The Hall–Kier alpha value is -2.22. The van der Waals surface area contributed by atoms with E-state index >= 15 is 0 Å². The number of aryl methyl sites for hydroxylation is 2. The second-order valence-corrected chi connectivity index (χ2v) is 7.09. The van der Waals surface area contributed by atoms with Gasteiger partial charge in [-0.1, -0.05) is 0 Å². The Morgan fingerprint density at radius 1 is 1.38 bits per heavy atom. The van der Waals surface area contributed by atoms with Crippen LogP contribution in [0.3, 0.4) is 0 Å². The van der Waals surface area contributed by atoms with Crippen LogP contribution in [0.2, 0.25) is 0 Å². The maximum absolute atomic E-state index is 12.3. The molecule has 0 bridgehead atoms. The number of carboxylic acid groups (broad SMARTS) is 1. The standard InChI is InChI=1S/C16H19N3O4S/c1-9-14(16(21)22)24-13(18-9)7-11-3-5-19(6-4-11)15(20)12-8-17-10(2)23-12/h8,11H,3-7H2,1-2H3,(H,21,22). The molecule has 1 fully saturated rings. The molecule has 7 nitrogen and oxygen atoms in total.